The highest BCUT2D eigenvalue weighted by Crippen LogP contribution is 2.66. The van der Waals surface area contributed by atoms with Crippen molar-refractivity contribution in [2.45, 2.75) is 103 Å². The second-order valence-electron chi connectivity index (χ2n) is 13.0. The van der Waals surface area contributed by atoms with E-state index in [1.54, 1.807) is 0 Å². The summed E-state index contributed by atoms with van der Waals surface area (Å²) in [6.45, 7) is 19.0. The van der Waals surface area contributed by atoms with Crippen LogP contribution in [0.25, 0.3) is 0 Å². The molecule has 2 bridgehead atoms. The lowest BCUT2D eigenvalue weighted by atomic mass is 9.43. The molecular formula is C25H42O5Si. The molecule has 3 aliphatic carbocycles. The van der Waals surface area contributed by atoms with Gasteiger partial charge in [-0.05, 0) is 31.2 Å². The number of fused-ring (bicyclic) bond motifs is 5. The van der Waals surface area contributed by atoms with Crippen LogP contribution in [0.5, 0.6) is 0 Å². The van der Waals surface area contributed by atoms with Crippen LogP contribution >= 0.6 is 0 Å². The van der Waals surface area contributed by atoms with Crippen LogP contribution in [0.4, 0.5) is 0 Å². The molecule has 0 unspecified atom stereocenters. The van der Waals surface area contributed by atoms with Crippen LogP contribution in [-0.4, -0.2) is 59.2 Å². The summed E-state index contributed by atoms with van der Waals surface area (Å²) in [5.74, 6) is -1.11. The van der Waals surface area contributed by atoms with Crippen molar-refractivity contribution in [2.75, 3.05) is 6.61 Å². The molecule has 6 heteroatoms. The first-order chi connectivity index (χ1) is 14.0. The predicted molar refractivity (Wildman–Crippen MR) is 123 cm³/mol. The molecule has 0 aromatic heterocycles. The number of carbonyl (C=O) groups excluding carboxylic acids is 1. The fourth-order valence-corrected chi connectivity index (χ4v) is 10.5. The van der Waals surface area contributed by atoms with E-state index >= 15 is 0 Å². The Kier molecular flexibility index (Phi) is 4.98. The van der Waals surface area contributed by atoms with Crippen molar-refractivity contribution in [2.24, 2.45) is 28.6 Å². The van der Waals surface area contributed by atoms with Gasteiger partial charge in [-0.3, -0.25) is 4.79 Å². The van der Waals surface area contributed by atoms with Crippen LogP contribution in [0, 0.1) is 28.6 Å². The topological polar surface area (TPSA) is 87.0 Å². The van der Waals surface area contributed by atoms with Crippen LogP contribution in [0.3, 0.4) is 0 Å². The molecule has 1 heterocycles. The number of hydrogen-bond acceptors (Lipinski definition) is 5. The summed E-state index contributed by atoms with van der Waals surface area (Å²) < 4.78 is 5.71. The summed E-state index contributed by atoms with van der Waals surface area (Å²) in [5.41, 5.74) is -2.03. The smallest absolute Gasteiger partial charge is 0.146 e. The Morgan fingerprint density at radius 1 is 1.10 bits per heavy atom. The van der Waals surface area contributed by atoms with E-state index in [0.29, 0.717) is 12.8 Å². The number of Topliss-reactive ketones (excluding diaryl/α,β-unsaturated/α-hetero) is 1. The van der Waals surface area contributed by atoms with Gasteiger partial charge >= 0.3 is 0 Å². The Labute approximate surface area is 188 Å². The second kappa shape index (κ2) is 6.53. The molecule has 4 aliphatic rings. The third-order valence-electron chi connectivity index (χ3n) is 10.3. The van der Waals surface area contributed by atoms with E-state index in [2.05, 4.69) is 26.6 Å². The maximum Gasteiger partial charge on any atom is 0.146 e. The second-order valence-corrected chi connectivity index (χ2v) is 18.4. The molecule has 0 aromatic carbocycles. The Morgan fingerprint density at radius 2 is 1.68 bits per heavy atom. The van der Waals surface area contributed by atoms with Crippen molar-refractivity contribution in [3.05, 3.63) is 11.1 Å². The van der Waals surface area contributed by atoms with Gasteiger partial charge in [-0.2, -0.15) is 0 Å². The number of hydrogen-bond donors (Lipinski definition) is 3. The largest absolute Gasteiger partial charge is 0.390 e. The molecule has 0 radical (unpaired) electrons. The Hall–Kier alpha value is -0.533. The van der Waals surface area contributed by atoms with Gasteiger partial charge < -0.3 is 20.1 Å². The molecule has 0 spiro atoms. The number of ether oxygens (including phenoxy) is 1. The van der Waals surface area contributed by atoms with Gasteiger partial charge in [-0.25, -0.2) is 0 Å². The number of ketones is 1. The molecule has 0 aromatic rings. The molecule has 9 atom stereocenters. The lowest BCUT2D eigenvalue weighted by Gasteiger charge is -2.68. The first kappa shape index (κ1) is 23.6. The van der Waals surface area contributed by atoms with E-state index in [1.165, 1.54) is 5.57 Å². The third kappa shape index (κ3) is 2.66. The molecule has 5 nitrogen and oxygen atoms in total. The van der Waals surface area contributed by atoms with E-state index in [9.17, 15) is 20.1 Å². The lowest BCUT2D eigenvalue weighted by molar-refractivity contribution is -0.337. The Bertz CT molecular complexity index is 843. The van der Waals surface area contributed by atoms with Gasteiger partial charge in [0.1, 0.15) is 11.4 Å². The molecule has 4 rings (SSSR count). The zero-order chi connectivity index (χ0) is 23.5. The highest BCUT2D eigenvalue weighted by atomic mass is 28.3. The minimum absolute atomic E-state index is 0.0630. The van der Waals surface area contributed by atoms with Gasteiger partial charge in [0, 0.05) is 22.7 Å². The molecule has 3 fully saturated rings. The van der Waals surface area contributed by atoms with Gasteiger partial charge in [0.05, 0.1) is 32.5 Å². The van der Waals surface area contributed by atoms with Crippen LogP contribution in [0.15, 0.2) is 11.1 Å². The van der Waals surface area contributed by atoms with Crippen LogP contribution in [0.2, 0.25) is 25.2 Å². The first-order valence-electron chi connectivity index (χ1n) is 12.0. The quantitative estimate of drug-likeness (QED) is 0.420. The van der Waals surface area contributed by atoms with Gasteiger partial charge in [0.2, 0.25) is 0 Å². The third-order valence-corrected chi connectivity index (χ3v) is 13.0. The van der Waals surface area contributed by atoms with Crippen molar-refractivity contribution in [1.82, 2.24) is 0 Å². The van der Waals surface area contributed by atoms with Crippen molar-refractivity contribution >= 4 is 13.9 Å². The number of rotatable bonds is 1. The zero-order valence-electron chi connectivity index (χ0n) is 20.7. The molecular weight excluding hydrogens is 408 g/mol. The summed E-state index contributed by atoms with van der Waals surface area (Å²) in [5, 5.41) is 36.2. The number of aliphatic hydroxyl groups excluding tert-OH is 1. The van der Waals surface area contributed by atoms with Crippen LogP contribution in [0.1, 0.15) is 54.4 Å². The molecule has 31 heavy (non-hydrogen) atoms. The van der Waals surface area contributed by atoms with Crippen LogP contribution in [-0.2, 0) is 9.53 Å². The standard InChI is InChI=1S/C25H42O5Si/c1-13-10-17-24(28,12-30-17)19-21(27)25(29)11-16(31(7,8)9)14(2)18(22(25,4)5)15(3)20(26)23(13,19)6/h13,15-17,19,21,27-29H,10-12H2,1-9H3/t13-,15+,16-,17+,19-,21-,23+,24-,25+/m0/s1. The fraction of sp³-hybridized carbons (Fsp3) is 0.880. The SMILES string of the molecule is CC1=C2[C@@H](C)C(=O)[C@@]3(C)[C@H]([C@H](O)[C@](O)(C[C@@H]1[Si](C)(C)C)C2(C)C)[C@]1(O)CO[C@@H]1C[C@@H]3C. The van der Waals surface area contributed by atoms with Gasteiger partial charge in [-0.1, -0.05) is 65.4 Å². The summed E-state index contributed by atoms with van der Waals surface area (Å²) in [6.07, 6.45) is -0.551. The number of allylic oxidation sites excluding steroid dienone is 1. The minimum atomic E-state index is -1.75. The van der Waals surface area contributed by atoms with E-state index in [1.807, 2.05) is 34.6 Å². The molecule has 176 valence electrons. The van der Waals surface area contributed by atoms with Crippen LogP contribution < -0.4 is 0 Å². The normalized spacial score (nSPS) is 51.9. The van der Waals surface area contributed by atoms with Gasteiger partial charge in [0.15, 0.2) is 0 Å². The Morgan fingerprint density at radius 3 is 2.16 bits per heavy atom. The van der Waals surface area contributed by atoms with Gasteiger partial charge in [0.25, 0.3) is 0 Å². The van der Waals surface area contributed by atoms with Crippen molar-refractivity contribution < 1.29 is 24.9 Å². The summed E-state index contributed by atoms with van der Waals surface area (Å²) in [6, 6.07) is 0. The molecule has 1 saturated heterocycles. The van der Waals surface area contributed by atoms with Crippen molar-refractivity contribution in [3.8, 4) is 0 Å². The minimum Gasteiger partial charge on any atom is -0.390 e. The monoisotopic (exact) mass is 450 g/mol. The molecule has 3 N–H and O–H groups in total. The van der Waals surface area contributed by atoms with E-state index in [-0.39, 0.29) is 29.8 Å². The number of aliphatic hydroxyl groups is 3. The van der Waals surface area contributed by atoms with E-state index in [0.717, 1.165) is 5.57 Å². The highest BCUT2D eigenvalue weighted by molar-refractivity contribution is 6.78. The summed E-state index contributed by atoms with van der Waals surface area (Å²) in [4.78, 5) is 14.3. The molecule has 1 aliphatic heterocycles. The van der Waals surface area contributed by atoms with Crippen molar-refractivity contribution in [1.29, 1.82) is 0 Å². The molecule has 0 amide bonds. The maximum absolute atomic E-state index is 14.3. The predicted octanol–water partition coefficient (Wildman–Crippen LogP) is 3.54. The van der Waals surface area contributed by atoms with E-state index in [4.69, 9.17) is 4.74 Å². The van der Waals surface area contributed by atoms with Gasteiger partial charge in [-0.15, -0.1) is 0 Å². The fourth-order valence-electron chi connectivity index (χ4n) is 8.16. The van der Waals surface area contributed by atoms with E-state index < -0.39 is 48.2 Å². The zero-order valence-corrected chi connectivity index (χ0v) is 21.7. The summed E-state index contributed by atoms with van der Waals surface area (Å²) in [7, 11) is -1.75. The average molecular weight is 451 g/mol. The average Bonchev–Trinajstić information content (AvgIpc) is 2.64. The van der Waals surface area contributed by atoms with Crippen molar-refractivity contribution in [3.63, 3.8) is 0 Å². The highest BCUT2D eigenvalue weighted by Gasteiger charge is 2.74. The summed E-state index contributed by atoms with van der Waals surface area (Å²) >= 11 is 0. The Balaban J connectivity index is 2.03. The lowest BCUT2D eigenvalue weighted by Crippen LogP contribution is -2.79. The number of carbonyl (C=O) groups is 1. The first-order valence-corrected chi connectivity index (χ1v) is 15.5. The molecule has 2 saturated carbocycles. The maximum atomic E-state index is 14.3.